The summed E-state index contributed by atoms with van der Waals surface area (Å²) in [5.41, 5.74) is 3.46. The molecule has 0 aliphatic heterocycles. The second kappa shape index (κ2) is 5.99. The molecule has 0 amide bonds. The largest absolute Gasteiger partial charge is 0.240 e. The molecule has 0 fully saturated rings. The first kappa shape index (κ1) is 13.6. The predicted octanol–water partition coefficient (Wildman–Crippen LogP) is 5.21. The zero-order valence-corrected chi connectivity index (χ0v) is 13.4. The third-order valence-electron chi connectivity index (χ3n) is 3.56. The Morgan fingerprint density at radius 1 is 0.955 bits per heavy atom. The van der Waals surface area contributed by atoms with Crippen molar-refractivity contribution in [2.75, 3.05) is 0 Å². The van der Waals surface area contributed by atoms with Crippen molar-refractivity contribution in [3.63, 3.8) is 0 Å². The molecule has 4 heteroatoms. The summed E-state index contributed by atoms with van der Waals surface area (Å²) in [4.78, 5) is 11.3. The highest BCUT2D eigenvalue weighted by atomic mass is 32.1. The molecule has 3 aromatic heterocycles. The summed E-state index contributed by atoms with van der Waals surface area (Å²) in [5, 5.41) is 5.45. The van der Waals surface area contributed by atoms with Crippen LogP contribution in [0.25, 0.3) is 21.3 Å². The molecule has 2 nitrogen and oxygen atoms in total. The lowest BCUT2D eigenvalue weighted by Crippen LogP contribution is -1.93. The van der Waals surface area contributed by atoms with Gasteiger partial charge in [0.15, 0.2) is 0 Å². The fraction of sp³-hybridized carbons (Fsp3) is 0.0556. The van der Waals surface area contributed by atoms with E-state index < -0.39 is 0 Å². The van der Waals surface area contributed by atoms with Crippen LogP contribution in [0.1, 0.15) is 10.6 Å². The smallest absolute Gasteiger partial charge is 0.127 e. The van der Waals surface area contributed by atoms with Gasteiger partial charge in [-0.2, -0.15) is 0 Å². The van der Waals surface area contributed by atoms with Gasteiger partial charge in [-0.1, -0.05) is 36.4 Å². The highest BCUT2D eigenvalue weighted by Gasteiger charge is 2.13. The molecule has 0 spiro atoms. The number of thiophene rings is 2. The molecule has 3 heterocycles. The van der Waals surface area contributed by atoms with Crippen LogP contribution in [0.3, 0.4) is 0 Å². The van der Waals surface area contributed by atoms with Gasteiger partial charge in [0.2, 0.25) is 0 Å². The highest BCUT2D eigenvalue weighted by molar-refractivity contribution is 7.17. The van der Waals surface area contributed by atoms with Gasteiger partial charge in [0.05, 0.1) is 5.69 Å². The van der Waals surface area contributed by atoms with Crippen molar-refractivity contribution in [2.24, 2.45) is 0 Å². The second-order valence-corrected chi connectivity index (χ2v) is 6.83. The van der Waals surface area contributed by atoms with Crippen LogP contribution >= 0.6 is 22.7 Å². The van der Waals surface area contributed by atoms with Gasteiger partial charge < -0.3 is 0 Å². The Labute approximate surface area is 137 Å². The normalized spacial score (nSPS) is 11.1. The van der Waals surface area contributed by atoms with E-state index in [-0.39, 0.29) is 0 Å². The van der Waals surface area contributed by atoms with E-state index in [1.165, 1.54) is 16.0 Å². The van der Waals surface area contributed by atoms with E-state index in [2.05, 4.69) is 63.5 Å². The summed E-state index contributed by atoms with van der Waals surface area (Å²) in [6.07, 6.45) is 4.77. The van der Waals surface area contributed by atoms with Gasteiger partial charge in [0, 0.05) is 27.6 Å². The Hall–Kier alpha value is -2.04. The van der Waals surface area contributed by atoms with Crippen LogP contribution in [0.4, 0.5) is 0 Å². The topological polar surface area (TPSA) is 25.8 Å². The monoisotopic (exact) mass is 321 g/mol. The van der Waals surface area contributed by atoms with Gasteiger partial charge in [-0.05, 0) is 23.4 Å². The Morgan fingerprint density at radius 3 is 2.68 bits per heavy atom. The maximum Gasteiger partial charge on any atom is 0.127 e. The summed E-state index contributed by atoms with van der Waals surface area (Å²) in [5.74, 6) is 0. The molecule has 4 rings (SSSR count). The third kappa shape index (κ3) is 2.56. The molecular weight excluding hydrogens is 308 g/mol. The molecule has 0 saturated carbocycles. The van der Waals surface area contributed by atoms with Gasteiger partial charge in [0.1, 0.15) is 11.2 Å². The summed E-state index contributed by atoms with van der Waals surface area (Å²) in [7, 11) is 0. The Morgan fingerprint density at radius 2 is 1.86 bits per heavy atom. The van der Waals surface area contributed by atoms with Crippen molar-refractivity contribution in [1.29, 1.82) is 0 Å². The van der Waals surface area contributed by atoms with Crippen molar-refractivity contribution < 1.29 is 0 Å². The van der Waals surface area contributed by atoms with Gasteiger partial charge in [-0.25, -0.2) is 9.97 Å². The van der Waals surface area contributed by atoms with Crippen molar-refractivity contribution in [3.8, 4) is 11.1 Å². The molecule has 107 valence electrons. The maximum absolute atomic E-state index is 4.51. The quantitative estimate of drug-likeness (QED) is 0.515. The Bertz CT molecular complexity index is 880. The first-order valence-corrected chi connectivity index (χ1v) is 8.81. The van der Waals surface area contributed by atoms with Crippen LogP contribution in [0.5, 0.6) is 0 Å². The van der Waals surface area contributed by atoms with Crippen LogP contribution in [0.2, 0.25) is 0 Å². The van der Waals surface area contributed by atoms with Crippen LogP contribution in [0.15, 0.2) is 59.6 Å². The minimum absolute atomic E-state index is 0.911. The maximum atomic E-state index is 4.51. The van der Waals surface area contributed by atoms with Crippen molar-refractivity contribution in [1.82, 2.24) is 9.97 Å². The summed E-state index contributed by atoms with van der Waals surface area (Å²) < 4.78 is 0. The van der Waals surface area contributed by atoms with Crippen molar-refractivity contribution in [2.45, 2.75) is 6.42 Å². The van der Waals surface area contributed by atoms with E-state index in [1.54, 1.807) is 29.0 Å². The SMILES string of the molecule is [CH](Cc1cccs1)c1ncnc2scc(-c3ccccc3)c12. The van der Waals surface area contributed by atoms with E-state index in [4.69, 9.17) is 0 Å². The summed E-state index contributed by atoms with van der Waals surface area (Å²) in [6.45, 7) is 0. The van der Waals surface area contributed by atoms with Gasteiger partial charge in [-0.3, -0.25) is 0 Å². The number of fused-ring (bicyclic) bond motifs is 1. The van der Waals surface area contributed by atoms with Crippen LogP contribution in [-0.4, -0.2) is 9.97 Å². The molecule has 0 N–H and O–H groups in total. The Balaban J connectivity index is 1.76. The summed E-state index contributed by atoms with van der Waals surface area (Å²) >= 11 is 3.46. The molecular formula is C18H13N2S2. The molecule has 0 saturated heterocycles. The number of rotatable bonds is 4. The zero-order valence-electron chi connectivity index (χ0n) is 11.8. The molecule has 1 radical (unpaired) electrons. The minimum Gasteiger partial charge on any atom is -0.240 e. The van der Waals surface area contributed by atoms with Crippen LogP contribution in [0, 0.1) is 6.42 Å². The standard InChI is InChI=1S/C18H13N2S2/c1-2-5-13(6-3-1)15-11-22-18-17(15)16(19-12-20-18)9-8-14-7-4-10-21-14/h1-7,9-12H,8H2. The van der Waals surface area contributed by atoms with E-state index in [1.807, 2.05) is 6.07 Å². The van der Waals surface area contributed by atoms with E-state index in [0.29, 0.717) is 0 Å². The van der Waals surface area contributed by atoms with E-state index >= 15 is 0 Å². The lowest BCUT2D eigenvalue weighted by molar-refractivity contribution is 1.11. The Kier molecular flexibility index (Phi) is 3.70. The fourth-order valence-corrected chi connectivity index (χ4v) is 4.10. The summed E-state index contributed by atoms with van der Waals surface area (Å²) in [6, 6.07) is 14.7. The molecule has 1 aromatic carbocycles. The number of nitrogens with zero attached hydrogens (tertiary/aromatic N) is 2. The zero-order chi connectivity index (χ0) is 14.8. The number of aromatic nitrogens is 2. The molecule has 0 aliphatic carbocycles. The first-order chi connectivity index (χ1) is 10.9. The van der Waals surface area contributed by atoms with Crippen LogP contribution in [-0.2, 0) is 6.42 Å². The molecule has 22 heavy (non-hydrogen) atoms. The number of benzene rings is 1. The molecule has 4 aromatic rings. The second-order valence-electron chi connectivity index (χ2n) is 4.94. The van der Waals surface area contributed by atoms with Crippen molar-refractivity contribution in [3.05, 3.63) is 76.5 Å². The minimum atomic E-state index is 0.911. The van der Waals surface area contributed by atoms with Crippen LogP contribution < -0.4 is 0 Å². The lowest BCUT2D eigenvalue weighted by atomic mass is 10.0. The molecule has 0 bridgehead atoms. The van der Waals surface area contributed by atoms with E-state index in [0.717, 1.165) is 22.3 Å². The van der Waals surface area contributed by atoms with Crippen molar-refractivity contribution >= 4 is 32.9 Å². The predicted molar refractivity (Wildman–Crippen MR) is 94.3 cm³/mol. The van der Waals surface area contributed by atoms with Gasteiger partial charge in [-0.15, -0.1) is 22.7 Å². The first-order valence-electron chi connectivity index (χ1n) is 7.05. The molecule has 0 aliphatic rings. The molecule has 0 unspecified atom stereocenters. The highest BCUT2D eigenvalue weighted by Crippen LogP contribution is 2.35. The molecule has 0 atom stereocenters. The average molecular weight is 321 g/mol. The third-order valence-corrected chi connectivity index (χ3v) is 5.35. The van der Waals surface area contributed by atoms with Gasteiger partial charge >= 0.3 is 0 Å². The van der Waals surface area contributed by atoms with E-state index in [9.17, 15) is 0 Å². The fourth-order valence-electron chi connectivity index (χ4n) is 2.51. The van der Waals surface area contributed by atoms with Gasteiger partial charge in [0.25, 0.3) is 0 Å². The average Bonchev–Trinajstić information content (AvgIpc) is 3.23. The lowest BCUT2D eigenvalue weighted by Gasteiger charge is -2.04. The number of hydrogen-bond donors (Lipinski definition) is 0. The number of hydrogen-bond acceptors (Lipinski definition) is 4.